The van der Waals surface area contributed by atoms with Crippen molar-refractivity contribution in [3.63, 3.8) is 0 Å². The van der Waals surface area contributed by atoms with Gasteiger partial charge < -0.3 is 16.2 Å². The maximum Gasteiger partial charge on any atom is 0.416 e. The molecule has 1 aliphatic heterocycles. The quantitative estimate of drug-likeness (QED) is 0.597. The fourth-order valence-electron chi connectivity index (χ4n) is 1.61. The van der Waals surface area contributed by atoms with E-state index in [4.69, 9.17) is 5.73 Å². The minimum absolute atomic E-state index is 0.0437. The molecule has 1 atom stereocenters. The third-order valence-corrected chi connectivity index (χ3v) is 2.27. The van der Waals surface area contributed by atoms with Gasteiger partial charge in [-0.3, -0.25) is 0 Å². The van der Waals surface area contributed by atoms with Gasteiger partial charge in [0, 0.05) is 16.9 Å². The van der Waals surface area contributed by atoms with Gasteiger partial charge in [-0.2, -0.15) is 13.2 Å². The van der Waals surface area contributed by atoms with Crippen molar-refractivity contribution in [3.8, 4) is 0 Å². The summed E-state index contributed by atoms with van der Waals surface area (Å²) in [4.78, 5) is 0. The van der Waals surface area contributed by atoms with Crippen molar-refractivity contribution < 1.29 is 18.3 Å². The molecule has 1 aliphatic rings. The summed E-state index contributed by atoms with van der Waals surface area (Å²) in [7, 11) is 0. The van der Waals surface area contributed by atoms with E-state index in [1.807, 2.05) is 0 Å². The molecular formula is C10H9F3N2O. The van der Waals surface area contributed by atoms with E-state index in [1.165, 1.54) is 18.2 Å². The average Bonchev–Trinajstić information content (AvgIpc) is 2.16. The zero-order chi connectivity index (χ0) is 11.9. The van der Waals surface area contributed by atoms with Crippen LogP contribution in [0.4, 0.5) is 24.5 Å². The van der Waals surface area contributed by atoms with Crippen LogP contribution in [-0.4, -0.2) is 17.5 Å². The fraction of sp³-hybridized carbons (Fsp3) is 0.200. The molecule has 1 unspecified atom stereocenters. The van der Waals surface area contributed by atoms with Crippen molar-refractivity contribution in [2.24, 2.45) is 0 Å². The second-order valence-corrected chi connectivity index (χ2v) is 3.47. The Hall–Kier alpha value is -1.69. The highest BCUT2D eigenvalue weighted by molar-refractivity contribution is 5.83. The predicted molar refractivity (Wildman–Crippen MR) is 54.5 cm³/mol. The van der Waals surface area contributed by atoms with Gasteiger partial charge in [0.2, 0.25) is 0 Å². The number of halogens is 3. The first kappa shape index (κ1) is 10.8. The topological polar surface area (TPSA) is 58.3 Å². The van der Waals surface area contributed by atoms with E-state index in [0.717, 1.165) is 6.08 Å². The van der Waals surface area contributed by atoms with Crippen LogP contribution in [0.2, 0.25) is 0 Å². The lowest BCUT2D eigenvalue weighted by Gasteiger charge is -2.24. The Morgan fingerprint density at radius 3 is 2.62 bits per heavy atom. The SMILES string of the molecule is Nc1ccc2c(c1)C(C(F)(F)F)=CC(O)N2. The third-order valence-electron chi connectivity index (χ3n) is 2.27. The fourth-order valence-corrected chi connectivity index (χ4v) is 1.61. The van der Waals surface area contributed by atoms with Crippen LogP contribution in [0.3, 0.4) is 0 Å². The molecule has 0 amide bonds. The van der Waals surface area contributed by atoms with E-state index in [0.29, 0.717) is 0 Å². The van der Waals surface area contributed by atoms with Gasteiger partial charge in [-0.25, -0.2) is 0 Å². The first-order valence-electron chi connectivity index (χ1n) is 4.51. The zero-order valence-electron chi connectivity index (χ0n) is 8.05. The van der Waals surface area contributed by atoms with Gasteiger partial charge in [-0.15, -0.1) is 0 Å². The van der Waals surface area contributed by atoms with Crippen LogP contribution in [0.1, 0.15) is 5.56 Å². The highest BCUT2D eigenvalue weighted by Gasteiger charge is 2.38. The molecular weight excluding hydrogens is 221 g/mol. The van der Waals surface area contributed by atoms with Gasteiger partial charge in [0.05, 0.1) is 5.57 Å². The maximum atomic E-state index is 12.7. The van der Waals surface area contributed by atoms with Gasteiger partial charge in [0.25, 0.3) is 0 Å². The lowest BCUT2D eigenvalue weighted by Crippen LogP contribution is -2.25. The summed E-state index contributed by atoms with van der Waals surface area (Å²) < 4.78 is 38.0. The number of nitrogens with one attached hydrogen (secondary N) is 1. The molecule has 0 fully saturated rings. The summed E-state index contributed by atoms with van der Waals surface area (Å²) in [5, 5.41) is 11.8. The number of alkyl halides is 3. The van der Waals surface area contributed by atoms with E-state index in [2.05, 4.69) is 5.32 Å². The molecule has 16 heavy (non-hydrogen) atoms. The van der Waals surface area contributed by atoms with Gasteiger partial charge in [-0.05, 0) is 24.3 Å². The number of allylic oxidation sites excluding steroid dienone is 1. The summed E-state index contributed by atoms with van der Waals surface area (Å²) in [6.45, 7) is 0. The van der Waals surface area contributed by atoms with Crippen LogP contribution >= 0.6 is 0 Å². The van der Waals surface area contributed by atoms with Gasteiger partial charge in [0.15, 0.2) is 0 Å². The molecule has 1 aromatic rings. The van der Waals surface area contributed by atoms with E-state index in [-0.39, 0.29) is 16.9 Å². The minimum Gasteiger partial charge on any atom is -0.399 e. The number of benzene rings is 1. The number of rotatable bonds is 0. The molecule has 4 N–H and O–H groups in total. The summed E-state index contributed by atoms with van der Waals surface area (Å²) >= 11 is 0. The first-order chi connectivity index (χ1) is 7.38. The van der Waals surface area contributed by atoms with E-state index >= 15 is 0 Å². The molecule has 0 radical (unpaired) electrons. The summed E-state index contributed by atoms with van der Waals surface area (Å²) in [5.41, 5.74) is 4.98. The monoisotopic (exact) mass is 230 g/mol. The lowest BCUT2D eigenvalue weighted by atomic mass is 9.98. The largest absolute Gasteiger partial charge is 0.416 e. The number of nitrogens with two attached hydrogens (primary N) is 1. The van der Waals surface area contributed by atoms with Crippen LogP contribution in [0.15, 0.2) is 24.3 Å². The van der Waals surface area contributed by atoms with Crippen molar-refractivity contribution in [2.75, 3.05) is 11.1 Å². The number of hydrogen-bond donors (Lipinski definition) is 3. The molecule has 0 spiro atoms. The second-order valence-electron chi connectivity index (χ2n) is 3.47. The Kier molecular flexibility index (Phi) is 2.31. The van der Waals surface area contributed by atoms with Crippen molar-refractivity contribution in [3.05, 3.63) is 29.8 Å². The maximum absolute atomic E-state index is 12.7. The zero-order valence-corrected chi connectivity index (χ0v) is 8.05. The van der Waals surface area contributed by atoms with Crippen molar-refractivity contribution in [2.45, 2.75) is 12.4 Å². The predicted octanol–water partition coefficient (Wildman–Crippen LogP) is 1.96. The molecule has 0 saturated heterocycles. The Morgan fingerprint density at radius 1 is 1.31 bits per heavy atom. The normalized spacial score (nSPS) is 19.8. The van der Waals surface area contributed by atoms with Crippen molar-refractivity contribution >= 4 is 16.9 Å². The van der Waals surface area contributed by atoms with Crippen molar-refractivity contribution in [1.29, 1.82) is 0 Å². The van der Waals surface area contributed by atoms with Gasteiger partial charge >= 0.3 is 6.18 Å². The molecule has 3 nitrogen and oxygen atoms in total. The van der Waals surface area contributed by atoms with Gasteiger partial charge in [-0.1, -0.05) is 0 Å². The molecule has 0 bridgehead atoms. The summed E-state index contributed by atoms with van der Waals surface area (Å²) in [6.07, 6.45) is -5.12. The van der Waals surface area contributed by atoms with Crippen LogP contribution in [0.25, 0.3) is 5.57 Å². The molecule has 86 valence electrons. The molecule has 0 aromatic heterocycles. The van der Waals surface area contributed by atoms with Crippen LogP contribution in [0, 0.1) is 0 Å². The number of hydrogen-bond acceptors (Lipinski definition) is 3. The van der Waals surface area contributed by atoms with E-state index in [1.54, 1.807) is 0 Å². The smallest absolute Gasteiger partial charge is 0.399 e. The highest BCUT2D eigenvalue weighted by Crippen LogP contribution is 2.40. The Balaban J connectivity index is 2.58. The summed E-state index contributed by atoms with van der Waals surface area (Å²) in [5.74, 6) is 0. The number of aliphatic hydroxyl groups excluding tert-OH is 1. The number of fused-ring (bicyclic) bond motifs is 1. The Bertz CT molecular complexity index is 454. The van der Waals surface area contributed by atoms with Crippen molar-refractivity contribution in [1.82, 2.24) is 0 Å². The lowest BCUT2D eigenvalue weighted by molar-refractivity contribution is -0.0695. The first-order valence-corrected chi connectivity index (χ1v) is 4.51. The number of anilines is 2. The third kappa shape index (κ3) is 1.83. The Morgan fingerprint density at radius 2 is 2.00 bits per heavy atom. The number of aliphatic hydroxyl groups is 1. The molecule has 1 aromatic carbocycles. The molecule has 0 saturated carbocycles. The standard InChI is InChI=1S/C10H9F3N2O/c11-10(12,13)7-4-9(16)15-8-2-1-5(14)3-6(7)8/h1-4,9,15-16H,14H2. The Labute approximate surface area is 89.4 Å². The van der Waals surface area contributed by atoms with Crippen LogP contribution < -0.4 is 11.1 Å². The minimum atomic E-state index is -4.51. The summed E-state index contributed by atoms with van der Waals surface area (Å²) in [6, 6.07) is 4.11. The molecule has 0 aliphatic carbocycles. The van der Waals surface area contributed by atoms with E-state index in [9.17, 15) is 18.3 Å². The molecule has 1 heterocycles. The van der Waals surface area contributed by atoms with Crippen LogP contribution in [0.5, 0.6) is 0 Å². The number of nitrogen functional groups attached to an aromatic ring is 1. The molecule has 6 heteroatoms. The van der Waals surface area contributed by atoms with Gasteiger partial charge in [0.1, 0.15) is 6.23 Å². The van der Waals surface area contributed by atoms with Crippen LogP contribution in [-0.2, 0) is 0 Å². The second kappa shape index (κ2) is 3.41. The average molecular weight is 230 g/mol. The van der Waals surface area contributed by atoms with E-state index < -0.39 is 18.0 Å². The molecule has 2 rings (SSSR count). The highest BCUT2D eigenvalue weighted by atomic mass is 19.4.